The number of aliphatic hydroxyl groups is 1. The summed E-state index contributed by atoms with van der Waals surface area (Å²) < 4.78 is 0. The maximum absolute atomic E-state index is 11.3. The summed E-state index contributed by atoms with van der Waals surface area (Å²) in [5, 5.41) is 15.0. The normalized spacial score (nSPS) is 15.3. The number of carbonyl (C=O) groups is 1. The zero-order valence-corrected chi connectivity index (χ0v) is 9.50. The second-order valence-electron chi connectivity index (χ2n) is 4.04. The highest BCUT2D eigenvalue weighted by atomic mass is 16.3. The van der Waals surface area contributed by atoms with Crippen molar-refractivity contribution < 1.29 is 9.90 Å². The summed E-state index contributed by atoms with van der Waals surface area (Å²) in [6, 6.07) is -0.207. The van der Waals surface area contributed by atoms with Crippen LogP contribution in [0.25, 0.3) is 0 Å². The van der Waals surface area contributed by atoms with Crippen LogP contribution in [0.15, 0.2) is 0 Å². The Morgan fingerprint density at radius 3 is 2.36 bits per heavy atom. The van der Waals surface area contributed by atoms with Crippen LogP contribution in [0.3, 0.4) is 0 Å². The molecule has 3 N–H and O–H groups in total. The number of aliphatic hydroxyl groups excluding tert-OH is 1. The molecule has 0 fully saturated rings. The average Bonchev–Trinajstić information content (AvgIpc) is 2.11. The van der Waals surface area contributed by atoms with Gasteiger partial charge in [0.25, 0.3) is 0 Å². The standard InChI is InChI=1S/C10H22N2O2/c1-7(2)5-9(13)6-12-10(14)8(3)11-4/h7-9,11,13H,5-6H2,1-4H3,(H,12,14). The molecule has 2 unspecified atom stereocenters. The summed E-state index contributed by atoms with van der Waals surface area (Å²) in [7, 11) is 1.73. The van der Waals surface area contributed by atoms with E-state index < -0.39 is 6.10 Å². The van der Waals surface area contributed by atoms with Gasteiger partial charge in [-0.25, -0.2) is 0 Å². The first-order valence-electron chi connectivity index (χ1n) is 5.10. The number of carbonyl (C=O) groups excluding carboxylic acids is 1. The predicted molar refractivity (Wildman–Crippen MR) is 57.0 cm³/mol. The van der Waals surface area contributed by atoms with E-state index in [1.165, 1.54) is 0 Å². The van der Waals surface area contributed by atoms with Gasteiger partial charge < -0.3 is 15.7 Å². The zero-order chi connectivity index (χ0) is 11.1. The molecule has 0 saturated carbocycles. The minimum absolute atomic E-state index is 0.0738. The number of nitrogens with one attached hydrogen (secondary N) is 2. The van der Waals surface area contributed by atoms with Crippen molar-refractivity contribution in [1.82, 2.24) is 10.6 Å². The third kappa shape index (κ3) is 5.94. The van der Waals surface area contributed by atoms with Crippen LogP contribution in [-0.4, -0.2) is 36.8 Å². The highest BCUT2D eigenvalue weighted by Gasteiger charge is 2.12. The molecule has 0 aromatic carbocycles. The number of hydrogen-bond donors (Lipinski definition) is 3. The third-order valence-electron chi connectivity index (χ3n) is 2.08. The van der Waals surface area contributed by atoms with E-state index in [0.29, 0.717) is 18.9 Å². The second kappa shape index (κ2) is 6.79. The van der Waals surface area contributed by atoms with Gasteiger partial charge in [0.05, 0.1) is 12.1 Å². The van der Waals surface area contributed by atoms with Gasteiger partial charge in [-0.2, -0.15) is 0 Å². The molecule has 84 valence electrons. The van der Waals surface area contributed by atoms with E-state index in [0.717, 1.165) is 0 Å². The van der Waals surface area contributed by atoms with Crippen LogP contribution in [0.4, 0.5) is 0 Å². The van der Waals surface area contributed by atoms with Gasteiger partial charge in [-0.3, -0.25) is 4.79 Å². The van der Waals surface area contributed by atoms with Crippen LogP contribution in [-0.2, 0) is 4.79 Å². The van der Waals surface area contributed by atoms with Crippen molar-refractivity contribution in [2.24, 2.45) is 5.92 Å². The molecule has 0 bridgehead atoms. The molecule has 0 aliphatic carbocycles. The van der Waals surface area contributed by atoms with Gasteiger partial charge in [0.15, 0.2) is 0 Å². The van der Waals surface area contributed by atoms with Gasteiger partial charge in [-0.15, -0.1) is 0 Å². The van der Waals surface area contributed by atoms with Crippen molar-refractivity contribution in [1.29, 1.82) is 0 Å². The molecule has 0 rings (SSSR count). The molecule has 0 heterocycles. The topological polar surface area (TPSA) is 61.4 Å². The lowest BCUT2D eigenvalue weighted by molar-refractivity contribution is -0.123. The fourth-order valence-corrected chi connectivity index (χ4v) is 1.13. The minimum Gasteiger partial charge on any atom is -0.391 e. The monoisotopic (exact) mass is 202 g/mol. The molecule has 0 spiro atoms. The molecule has 2 atom stereocenters. The number of rotatable bonds is 6. The quantitative estimate of drug-likeness (QED) is 0.573. The highest BCUT2D eigenvalue weighted by molar-refractivity contribution is 5.81. The number of hydrogen-bond acceptors (Lipinski definition) is 3. The third-order valence-corrected chi connectivity index (χ3v) is 2.08. The van der Waals surface area contributed by atoms with Crippen molar-refractivity contribution in [2.45, 2.75) is 39.3 Å². The summed E-state index contributed by atoms with van der Waals surface area (Å²) in [5.74, 6) is 0.374. The summed E-state index contributed by atoms with van der Waals surface area (Å²) in [6.07, 6.45) is 0.275. The lowest BCUT2D eigenvalue weighted by atomic mass is 10.1. The molecule has 0 radical (unpaired) electrons. The van der Waals surface area contributed by atoms with Gasteiger partial charge in [-0.05, 0) is 26.3 Å². The molecular weight excluding hydrogens is 180 g/mol. The Hall–Kier alpha value is -0.610. The second-order valence-corrected chi connectivity index (χ2v) is 4.04. The Kier molecular flexibility index (Phi) is 6.49. The smallest absolute Gasteiger partial charge is 0.236 e. The first-order valence-corrected chi connectivity index (χ1v) is 5.10. The first kappa shape index (κ1) is 13.4. The van der Waals surface area contributed by atoms with Gasteiger partial charge in [-0.1, -0.05) is 13.8 Å². The molecule has 0 aliphatic rings. The molecule has 4 heteroatoms. The van der Waals surface area contributed by atoms with E-state index in [1.807, 2.05) is 13.8 Å². The van der Waals surface area contributed by atoms with E-state index in [4.69, 9.17) is 0 Å². The maximum Gasteiger partial charge on any atom is 0.236 e. The van der Waals surface area contributed by atoms with Crippen LogP contribution in [0.2, 0.25) is 0 Å². The lowest BCUT2D eigenvalue weighted by Crippen LogP contribution is -2.43. The first-order chi connectivity index (χ1) is 6.47. The minimum atomic E-state index is -0.442. The van der Waals surface area contributed by atoms with Crippen molar-refractivity contribution >= 4 is 5.91 Å². The largest absolute Gasteiger partial charge is 0.391 e. The van der Waals surface area contributed by atoms with E-state index in [-0.39, 0.29) is 11.9 Å². The van der Waals surface area contributed by atoms with Crippen LogP contribution < -0.4 is 10.6 Å². The summed E-state index contributed by atoms with van der Waals surface area (Å²) >= 11 is 0. The van der Waals surface area contributed by atoms with Gasteiger partial charge in [0.2, 0.25) is 5.91 Å². The van der Waals surface area contributed by atoms with E-state index in [2.05, 4.69) is 10.6 Å². The SMILES string of the molecule is CNC(C)C(=O)NCC(O)CC(C)C. The molecule has 0 aromatic heterocycles. The Balaban J connectivity index is 3.66. The number of amides is 1. The van der Waals surface area contributed by atoms with Crippen LogP contribution in [0, 0.1) is 5.92 Å². The molecule has 0 aromatic rings. The van der Waals surface area contributed by atoms with E-state index >= 15 is 0 Å². The van der Waals surface area contributed by atoms with Gasteiger partial charge >= 0.3 is 0 Å². The molecular formula is C10H22N2O2. The molecule has 0 saturated heterocycles. The van der Waals surface area contributed by atoms with E-state index in [9.17, 15) is 9.90 Å². The van der Waals surface area contributed by atoms with Crippen molar-refractivity contribution in [3.05, 3.63) is 0 Å². The fourth-order valence-electron chi connectivity index (χ4n) is 1.13. The van der Waals surface area contributed by atoms with Crippen LogP contribution in [0.1, 0.15) is 27.2 Å². The Morgan fingerprint density at radius 1 is 1.36 bits per heavy atom. The fraction of sp³-hybridized carbons (Fsp3) is 0.900. The van der Waals surface area contributed by atoms with Crippen molar-refractivity contribution in [3.63, 3.8) is 0 Å². The Labute approximate surface area is 86.1 Å². The molecule has 0 aliphatic heterocycles. The Morgan fingerprint density at radius 2 is 1.93 bits per heavy atom. The summed E-state index contributed by atoms with van der Waals surface area (Å²) in [4.78, 5) is 11.3. The lowest BCUT2D eigenvalue weighted by Gasteiger charge is -2.16. The van der Waals surface area contributed by atoms with Crippen molar-refractivity contribution in [3.8, 4) is 0 Å². The predicted octanol–water partition coefficient (Wildman–Crippen LogP) is 0.118. The van der Waals surface area contributed by atoms with E-state index in [1.54, 1.807) is 14.0 Å². The molecule has 1 amide bonds. The molecule has 14 heavy (non-hydrogen) atoms. The van der Waals surface area contributed by atoms with Gasteiger partial charge in [0.1, 0.15) is 0 Å². The van der Waals surface area contributed by atoms with Gasteiger partial charge in [0, 0.05) is 6.54 Å². The molecule has 4 nitrogen and oxygen atoms in total. The highest BCUT2D eigenvalue weighted by Crippen LogP contribution is 2.03. The Bertz CT molecular complexity index is 172. The number of likely N-dealkylation sites (N-methyl/N-ethyl adjacent to an activating group) is 1. The van der Waals surface area contributed by atoms with Crippen LogP contribution >= 0.6 is 0 Å². The zero-order valence-electron chi connectivity index (χ0n) is 9.50. The summed E-state index contributed by atoms with van der Waals surface area (Å²) in [6.45, 7) is 6.20. The summed E-state index contributed by atoms with van der Waals surface area (Å²) in [5.41, 5.74) is 0. The van der Waals surface area contributed by atoms with Crippen LogP contribution in [0.5, 0.6) is 0 Å². The average molecular weight is 202 g/mol. The maximum atomic E-state index is 11.3. The van der Waals surface area contributed by atoms with Crippen molar-refractivity contribution in [2.75, 3.05) is 13.6 Å².